The lowest BCUT2D eigenvalue weighted by Crippen LogP contribution is -2.65. The molecule has 10 heteroatoms. The normalized spacial score (nSPS) is 26.7. The van der Waals surface area contributed by atoms with Gasteiger partial charge in [0.05, 0.1) is 36.1 Å². The first-order valence-corrected chi connectivity index (χ1v) is 10.6. The SMILES string of the molecule is CCn1cc(C(=O)N[C@]2(C)CC3(CCN(Cc4n[nH]c(C)n4)CC3)OC[C@H]2O)cn1. The van der Waals surface area contributed by atoms with Crippen molar-refractivity contribution in [2.24, 2.45) is 0 Å². The van der Waals surface area contributed by atoms with Crippen molar-refractivity contribution in [2.45, 2.75) is 70.4 Å². The van der Waals surface area contributed by atoms with Gasteiger partial charge in [-0.3, -0.25) is 19.5 Å². The molecule has 164 valence electrons. The Kier molecular flexibility index (Phi) is 5.65. The summed E-state index contributed by atoms with van der Waals surface area (Å²) in [6.07, 6.45) is 4.77. The van der Waals surface area contributed by atoms with E-state index in [1.807, 2.05) is 20.8 Å². The molecule has 10 nitrogen and oxygen atoms in total. The first kappa shape index (κ1) is 21.0. The molecule has 0 aromatic carbocycles. The van der Waals surface area contributed by atoms with Crippen molar-refractivity contribution in [3.05, 3.63) is 29.6 Å². The number of likely N-dealkylation sites (tertiary alicyclic amines) is 1. The predicted molar refractivity (Wildman–Crippen MR) is 109 cm³/mol. The van der Waals surface area contributed by atoms with E-state index in [0.717, 1.165) is 37.6 Å². The van der Waals surface area contributed by atoms with Gasteiger partial charge in [0.25, 0.3) is 5.91 Å². The third-order valence-electron chi connectivity index (χ3n) is 6.37. The number of nitrogens with one attached hydrogen (secondary N) is 2. The number of ether oxygens (including phenoxy) is 1. The van der Waals surface area contributed by atoms with Gasteiger partial charge >= 0.3 is 0 Å². The number of aromatic amines is 1. The number of H-pyrrole nitrogens is 1. The highest BCUT2D eigenvalue weighted by molar-refractivity contribution is 5.94. The fraction of sp³-hybridized carbons (Fsp3) is 0.700. The van der Waals surface area contributed by atoms with Gasteiger partial charge in [-0.05, 0) is 33.6 Å². The Hall–Kier alpha value is -2.30. The maximum atomic E-state index is 12.8. The minimum absolute atomic E-state index is 0.213. The second kappa shape index (κ2) is 8.09. The average molecular weight is 418 g/mol. The van der Waals surface area contributed by atoms with E-state index in [1.165, 1.54) is 0 Å². The molecule has 2 aromatic heterocycles. The molecular formula is C20H31N7O3. The Morgan fingerprint density at radius 1 is 1.43 bits per heavy atom. The Morgan fingerprint density at radius 2 is 2.20 bits per heavy atom. The molecule has 30 heavy (non-hydrogen) atoms. The van der Waals surface area contributed by atoms with Crippen LogP contribution in [0.2, 0.25) is 0 Å². The third-order valence-corrected chi connectivity index (χ3v) is 6.37. The quantitative estimate of drug-likeness (QED) is 0.652. The molecule has 0 radical (unpaired) electrons. The summed E-state index contributed by atoms with van der Waals surface area (Å²) in [5.74, 6) is 1.40. The molecule has 2 saturated heterocycles. The Morgan fingerprint density at radius 3 is 2.83 bits per heavy atom. The minimum atomic E-state index is -0.762. The molecule has 1 amide bonds. The number of carbonyl (C=O) groups excluding carboxylic acids is 1. The zero-order valence-corrected chi connectivity index (χ0v) is 17.9. The number of amides is 1. The van der Waals surface area contributed by atoms with E-state index < -0.39 is 11.6 Å². The van der Waals surface area contributed by atoms with Gasteiger partial charge in [-0.1, -0.05) is 0 Å². The summed E-state index contributed by atoms with van der Waals surface area (Å²) in [6, 6.07) is 0. The van der Waals surface area contributed by atoms with Crippen LogP contribution in [0, 0.1) is 6.92 Å². The van der Waals surface area contributed by atoms with E-state index in [9.17, 15) is 9.90 Å². The number of hydrogen-bond acceptors (Lipinski definition) is 7. The first-order valence-electron chi connectivity index (χ1n) is 10.6. The lowest BCUT2D eigenvalue weighted by atomic mass is 9.74. The molecule has 3 N–H and O–H groups in total. The highest BCUT2D eigenvalue weighted by Crippen LogP contribution is 2.40. The number of aliphatic hydroxyl groups is 1. The van der Waals surface area contributed by atoms with Crippen LogP contribution in [0.5, 0.6) is 0 Å². The minimum Gasteiger partial charge on any atom is -0.388 e. The molecular weight excluding hydrogens is 386 g/mol. The fourth-order valence-corrected chi connectivity index (χ4v) is 4.49. The van der Waals surface area contributed by atoms with Crippen LogP contribution in [0.4, 0.5) is 0 Å². The molecule has 2 aromatic rings. The van der Waals surface area contributed by atoms with E-state index in [0.29, 0.717) is 25.1 Å². The lowest BCUT2D eigenvalue weighted by Gasteiger charge is -2.51. The third kappa shape index (κ3) is 4.26. The molecule has 0 bridgehead atoms. The summed E-state index contributed by atoms with van der Waals surface area (Å²) in [6.45, 7) is 9.11. The van der Waals surface area contributed by atoms with E-state index >= 15 is 0 Å². The molecule has 2 fully saturated rings. The molecule has 0 unspecified atom stereocenters. The molecule has 4 rings (SSSR count). The van der Waals surface area contributed by atoms with Crippen LogP contribution >= 0.6 is 0 Å². The van der Waals surface area contributed by atoms with Crippen molar-refractivity contribution in [3.63, 3.8) is 0 Å². The highest BCUT2D eigenvalue weighted by Gasteiger charge is 2.50. The molecule has 4 heterocycles. The van der Waals surface area contributed by atoms with Crippen LogP contribution in [0.1, 0.15) is 55.1 Å². The van der Waals surface area contributed by atoms with Gasteiger partial charge in [0.15, 0.2) is 5.82 Å². The predicted octanol–water partition coefficient (Wildman–Crippen LogP) is 0.634. The topological polar surface area (TPSA) is 121 Å². The molecule has 2 aliphatic rings. The van der Waals surface area contributed by atoms with E-state index in [2.05, 4.69) is 30.5 Å². The largest absolute Gasteiger partial charge is 0.388 e. The maximum absolute atomic E-state index is 12.8. The molecule has 1 spiro atoms. The molecule has 2 atom stereocenters. The van der Waals surface area contributed by atoms with Gasteiger partial charge in [-0.15, -0.1) is 0 Å². The number of aliphatic hydroxyl groups excluding tert-OH is 1. The Balaban J connectivity index is 1.39. The molecule has 0 saturated carbocycles. The van der Waals surface area contributed by atoms with Crippen molar-refractivity contribution in [1.82, 2.24) is 35.2 Å². The number of aryl methyl sites for hydroxylation is 2. The van der Waals surface area contributed by atoms with Crippen LogP contribution in [0.15, 0.2) is 12.4 Å². The van der Waals surface area contributed by atoms with Gasteiger partial charge < -0.3 is 15.2 Å². The van der Waals surface area contributed by atoms with Gasteiger partial charge in [-0.25, -0.2) is 4.98 Å². The van der Waals surface area contributed by atoms with Crippen LogP contribution in [-0.4, -0.2) is 77.8 Å². The number of carbonyl (C=O) groups is 1. The smallest absolute Gasteiger partial charge is 0.254 e. The number of rotatable bonds is 5. The summed E-state index contributed by atoms with van der Waals surface area (Å²) < 4.78 is 7.86. The summed E-state index contributed by atoms with van der Waals surface area (Å²) >= 11 is 0. The summed E-state index contributed by atoms with van der Waals surface area (Å²) in [7, 11) is 0. The second-order valence-electron chi connectivity index (χ2n) is 8.76. The van der Waals surface area contributed by atoms with Crippen LogP contribution in [-0.2, 0) is 17.8 Å². The summed E-state index contributed by atoms with van der Waals surface area (Å²) in [5, 5.41) is 25.0. The van der Waals surface area contributed by atoms with Gasteiger partial charge in [0.1, 0.15) is 11.9 Å². The van der Waals surface area contributed by atoms with Crippen LogP contribution in [0.25, 0.3) is 0 Å². The standard InChI is InChI=1S/C20H31N7O3/c1-4-27-10-15(9-21-27)18(29)23-19(3)13-20(30-12-16(19)28)5-7-26(8-6-20)11-17-22-14(2)24-25-17/h9-10,16,28H,4-8,11-13H2,1-3H3,(H,23,29)(H,22,24,25)/t16-,19-/m1/s1. The van der Waals surface area contributed by atoms with Gasteiger partial charge in [0, 0.05) is 32.3 Å². The van der Waals surface area contributed by atoms with Crippen molar-refractivity contribution >= 4 is 5.91 Å². The number of piperidine rings is 1. The van der Waals surface area contributed by atoms with Crippen LogP contribution < -0.4 is 5.32 Å². The van der Waals surface area contributed by atoms with E-state index in [1.54, 1.807) is 17.1 Å². The van der Waals surface area contributed by atoms with Crippen molar-refractivity contribution in [3.8, 4) is 0 Å². The maximum Gasteiger partial charge on any atom is 0.254 e. The van der Waals surface area contributed by atoms with Crippen molar-refractivity contribution in [1.29, 1.82) is 0 Å². The highest BCUT2D eigenvalue weighted by atomic mass is 16.5. The number of aromatic nitrogens is 5. The summed E-state index contributed by atoms with van der Waals surface area (Å²) in [5.41, 5.74) is -0.602. The molecule has 2 aliphatic heterocycles. The lowest BCUT2D eigenvalue weighted by molar-refractivity contribution is -0.177. The Labute approximate surface area is 176 Å². The van der Waals surface area contributed by atoms with Crippen molar-refractivity contribution in [2.75, 3.05) is 19.7 Å². The monoisotopic (exact) mass is 417 g/mol. The van der Waals surface area contributed by atoms with Crippen LogP contribution in [0.3, 0.4) is 0 Å². The van der Waals surface area contributed by atoms with Gasteiger partial charge in [0.2, 0.25) is 0 Å². The zero-order valence-electron chi connectivity index (χ0n) is 17.9. The summed E-state index contributed by atoms with van der Waals surface area (Å²) in [4.78, 5) is 19.5. The molecule has 0 aliphatic carbocycles. The Bertz CT molecular complexity index is 887. The second-order valence-corrected chi connectivity index (χ2v) is 8.76. The first-order chi connectivity index (χ1) is 14.3. The van der Waals surface area contributed by atoms with Crippen molar-refractivity contribution < 1.29 is 14.6 Å². The van der Waals surface area contributed by atoms with Gasteiger partial charge in [-0.2, -0.15) is 10.2 Å². The number of nitrogens with zero attached hydrogens (tertiary/aromatic N) is 5. The fourth-order valence-electron chi connectivity index (χ4n) is 4.49. The average Bonchev–Trinajstić information content (AvgIpc) is 3.36. The number of hydrogen-bond donors (Lipinski definition) is 3. The van der Waals surface area contributed by atoms with E-state index in [-0.39, 0.29) is 18.1 Å². The van der Waals surface area contributed by atoms with E-state index in [4.69, 9.17) is 4.74 Å². The zero-order chi connectivity index (χ0) is 21.4.